The van der Waals surface area contributed by atoms with Crippen LogP contribution in [0.4, 0.5) is 0 Å². The number of hydrogen-bond donors (Lipinski definition) is 2. The molecule has 2 aromatic carbocycles. The summed E-state index contributed by atoms with van der Waals surface area (Å²) in [7, 11) is 0. The van der Waals surface area contributed by atoms with E-state index in [-0.39, 0.29) is 17.9 Å². The first-order valence-corrected chi connectivity index (χ1v) is 9.42. The van der Waals surface area contributed by atoms with Crippen LogP contribution in [0.25, 0.3) is 0 Å². The fourth-order valence-electron chi connectivity index (χ4n) is 3.44. The Morgan fingerprint density at radius 1 is 0.885 bits per heavy atom. The smallest absolute Gasteiger partial charge is 0.251 e. The Balaban J connectivity index is 1.70. The lowest BCUT2D eigenvalue weighted by atomic mass is 9.95. The molecule has 1 atom stereocenters. The van der Waals surface area contributed by atoms with Crippen molar-refractivity contribution in [2.75, 3.05) is 0 Å². The maximum atomic E-state index is 12.9. The molecule has 2 aromatic rings. The summed E-state index contributed by atoms with van der Waals surface area (Å²) in [6.07, 6.45) is 6.09. The molecule has 1 saturated carbocycles. The lowest BCUT2D eigenvalue weighted by Crippen LogP contribution is -2.51. The molecule has 3 rings (SSSR count). The molecule has 1 aliphatic rings. The second kappa shape index (κ2) is 9.18. The highest BCUT2D eigenvalue weighted by Crippen LogP contribution is 2.17. The quantitative estimate of drug-likeness (QED) is 0.838. The molecule has 0 saturated heterocycles. The van der Waals surface area contributed by atoms with Gasteiger partial charge in [0.05, 0.1) is 0 Å². The summed E-state index contributed by atoms with van der Waals surface area (Å²) in [4.78, 5) is 25.4. The van der Waals surface area contributed by atoms with Gasteiger partial charge in [0.1, 0.15) is 6.04 Å². The van der Waals surface area contributed by atoms with E-state index in [1.54, 1.807) is 12.1 Å². The number of carbonyl (C=O) groups excluding carboxylic acids is 2. The molecule has 2 amide bonds. The maximum absolute atomic E-state index is 12.9. The zero-order valence-corrected chi connectivity index (χ0v) is 15.0. The van der Waals surface area contributed by atoms with E-state index in [4.69, 9.17) is 0 Å². The molecule has 2 N–H and O–H groups in total. The van der Waals surface area contributed by atoms with Gasteiger partial charge in [0.15, 0.2) is 0 Å². The Morgan fingerprint density at radius 2 is 1.50 bits per heavy atom. The number of hydrogen-bond acceptors (Lipinski definition) is 2. The fourth-order valence-corrected chi connectivity index (χ4v) is 3.44. The lowest BCUT2D eigenvalue weighted by Gasteiger charge is -2.26. The average molecular weight is 350 g/mol. The van der Waals surface area contributed by atoms with Gasteiger partial charge in [0, 0.05) is 18.0 Å². The number of amides is 2. The number of carbonyl (C=O) groups is 2. The number of rotatable bonds is 6. The Morgan fingerprint density at radius 3 is 2.15 bits per heavy atom. The van der Waals surface area contributed by atoms with Crippen molar-refractivity contribution in [3.8, 4) is 0 Å². The van der Waals surface area contributed by atoms with Crippen LogP contribution in [0.3, 0.4) is 0 Å². The topological polar surface area (TPSA) is 58.2 Å². The summed E-state index contributed by atoms with van der Waals surface area (Å²) in [5, 5.41) is 6.06. The zero-order valence-electron chi connectivity index (χ0n) is 15.0. The third kappa shape index (κ3) is 5.19. The van der Waals surface area contributed by atoms with E-state index in [1.807, 2.05) is 48.5 Å². The number of benzene rings is 2. The van der Waals surface area contributed by atoms with Gasteiger partial charge in [-0.3, -0.25) is 9.59 Å². The molecule has 4 heteroatoms. The third-order valence-corrected chi connectivity index (χ3v) is 4.89. The molecule has 0 unspecified atom stereocenters. The molecule has 26 heavy (non-hydrogen) atoms. The van der Waals surface area contributed by atoms with Gasteiger partial charge in [-0.1, -0.05) is 67.8 Å². The van der Waals surface area contributed by atoms with E-state index in [2.05, 4.69) is 10.6 Å². The predicted molar refractivity (Wildman–Crippen MR) is 103 cm³/mol. The summed E-state index contributed by atoms with van der Waals surface area (Å²) in [6, 6.07) is 18.5. The van der Waals surface area contributed by atoms with Gasteiger partial charge in [-0.05, 0) is 30.5 Å². The summed E-state index contributed by atoms with van der Waals surface area (Å²) in [5.41, 5.74) is 1.60. The highest BCUT2D eigenvalue weighted by Gasteiger charge is 2.25. The third-order valence-electron chi connectivity index (χ3n) is 4.89. The molecular weight excluding hydrogens is 324 g/mol. The molecular formula is C22H26N2O2. The largest absolute Gasteiger partial charge is 0.352 e. The molecule has 136 valence electrons. The molecule has 0 radical (unpaired) electrons. The second-order valence-electron chi connectivity index (χ2n) is 6.93. The molecule has 0 aliphatic heterocycles. The van der Waals surface area contributed by atoms with E-state index in [0.29, 0.717) is 12.0 Å². The van der Waals surface area contributed by atoms with Gasteiger partial charge in [-0.15, -0.1) is 0 Å². The van der Waals surface area contributed by atoms with Crippen LogP contribution in [0.15, 0.2) is 60.7 Å². The highest BCUT2D eigenvalue weighted by molar-refractivity contribution is 5.97. The van der Waals surface area contributed by atoms with E-state index in [0.717, 1.165) is 31.2 Å². The van der Waals surface area contributed by atoms with Crippen molar-refractivity contribution in [1.82, 2.24) is 10.6 Å². The zero-order chi connectivity index (χ0) is 18.2. The lowest BCUT2D eigenvalue weighted by molar-refractivity contribution is -0.123. The molecule has 1 fully saturated rings. The van der Waals surface area contributed by atoms with Crippen molar-refractivity contribution in [2.45, 2.75) is 50.6 Å². The Kier molecular flexibility index (Phi) is 6.42. The summed E-state index contributed by atoms with van der Waals surface area (Å²) in [6.45, 7) is 0. The van der Waals surface area contributed by atoms with Crippen LogP contribution < -0.4 is 10.6 Å². The first kappa shape index (κ1) is 18.2. The Labute approximate surface area is 155 Å². The average Bonchev–Trinajstić information content (AvgIpc) is 2.69. The van der Waals surface area contributed by atoms with Gasteiger partial charge < -0.3 is 10.6 Å². The fraction of sp³-hybridized carbons (Fsp3) is 0.364. The normalized spacial score (nSPS) is 15.8. The maximum Gasteiger partial charge on any atom is 0.251 e. The number of nitrogens with one attached hydrogen (secondary N) is 2. The first-order chi connectivity index (χ1) is 12.7. The van der Waals surface area contributed by atoms with Crippen LogP contribution in [-0.4, -0.2) is 23.9 Å². The van der Waals surface area contributed by atoms with Gasteiger partial charge >= 0.3 is 0 Å². The minimum atomic E-state index is -0.577. The van der Waals surface area contributed by atoms with E-state index in [9.17, 15) is 9.59 Å². The Bertz CT molecular complexity index is 709. The molecule has 0 spiro atoms. The molecule has 0 heterocycles. The second-order valence-corrected chi connectivity index (χ2v) is 6.93. The van der Waals surface area contributed by atoms with Crippen molar-refractivity contribution in [3.63, 3.8) is 0 Å². The standard InChI is InChI=1S/C22H26N2O2/c25-21(18-12-6-2-7-13-18)24-20(16-17-10-4-1-5-11-17)22(26)23-19-14-8-3-9-15-19/h1-2,4-7,10-13,19-20H,3,8-9,14-16H2,(H,23,26)(H,24,25)/t20-/m1/s1. The van der Waals surface area contributed by atoms with Gasteiger partial charge in [-0.2, -0.15) is 0 Å². The van der Waals surface area contributed by atoms with Crippen molar-refractivity contribution >= 4 is 11.8 Å². The minimum Gasteiger partial charge on any atom is -0.352 e. The van der Waals surface area contributed by atoms with Crippen molar-refractivity contribution < 1.29 is 9.59 Å². The molecule has 0 aromatic heterocycles. The summed E-state index contributed by atoms with van der Waals surface area (Å²) >= 11 is 0. The molecule has 1 aliphatic carbocycles. The Hall–Kier alpha value is -2.62. The van der Waals surface area contributed by atoms with E-state index >= 15 is 0 Å². The van der Waals surface area contributed by atoms with Crippen LogP contribution in [0.1, 0.15) is 48.0 Å². The van der Waals surface area contributed by atoms with Crippen molar-refractivity contribution in [2.24, 2.45) is 0 Å². The molecule has 0 bridgehead atoms. The van der Waals surface area contributed by atoms with Crippen molar-refractivity contribution in [3.05, 3.63) is 71.8 Å². The van der Waals surface area contributed by atoms with Crippen LogP contribution in [0.2, 0.25) is 0 Å². The van der Waals surface area contributed by atoms with Crippen molar-refractivity contribution in [1.29, 1.82) is 0 Å². The molecule has 4 nitrogen and oxygen atoms in total. The van der Waals surface area contributed by atoms with Gasteiger partial charge in [-0.25, -0.2) is 0 Å². The SMILES string of the molecule is O=C(N[C@H](Cc1ccccc1)C(=O)NC1CCCCC1)c1ccccc1. The van der Waals surface area contributed by atoms with E-state index < -0.39 is 6.04 Å². The van der Waals surface area contributed by atoms with Crippen LogP contribution >= 0.6 is 0 Å². The first-order valence-electron chi connectivity index (χ1n) is 9.42. The summed E-state index contributed by atoms with van der Waals surface area (Å²) in [5.74, 6) is -0.310. The van der Waals surface area contributed by atoms with Crippen LogP contribution in [-0.2, 0) is 11.2 Å². The minimum absolute atomic E-state index is 0.0926. The predicted octanol–water partition coefficient (Wildman–Crippen LogP) is 3.48. The van der Waals surface area contributed by atoms with Crippen LogP contribution in [0, 0.1) is 0 Å². The monoisotopic (exact) mass is 350 g/mol. The van der Waals surface area contributed by atoms with Gasteiger partial charge in [0.25, 0.3) is 5.91 Å². The van der Waals surface area contributed by atoms with Gasteiger partial charge in [0.2, 0.25) is 5.91 Å². The highest BCUT2D eigenvalue weighted by atomic mass is 16.2. The van der Waals surface area contributed by atoms with E-state index in [1.165, 1.54) is 6.42 Å². The van der Waals surface area contributed by atoms with Crippen LogP contribution in [0.5, 0.6) is 0 Å². The summed E-state index contributed by atoms with van der Waals surface area (Å²) < 4.78 is 0.